The predicted molar refractivity (Wildman–Crippen MR) is 74.9 cm³/mol. The molecule has 3 nitrogen and oxygen atoms in total. The van der Waals surface area contributed by atoms with Gasteiger partial charge in [0.1, 0.15) is 0 Å². The first-order valence-corrected chi connectivity index (χ1v) is 7.30. The van der Waals surface area contributed by atoms with Gasteiger partial charge in [0.25, 0.3) is 0 Å². The Morgan fingerprint density at radius 2 is 2.20 bits per heavy atom. The van der Waals surface area contributed by atoms with E-state index in [1.807, 2.05) is 0 Å². The summed E-state index contributed by atoms with van der Waals surface area (Å²) in [5.74, 6) is 0.0881. The van der Waals surface area contributed by atoms with E-state index < -0.39 is 5.41 Å². The van der Waals surface area contributed by atoms with Gasteiger partial charge in [0, 0.05) is 0 Å². The molecule has 0 spiro atoms. The third-order valence-electron chi connectivity index (χ3n) is 5.13. The summed E-state index contributed by atoms with van der Waals surface area (Å²) in [7, 11) is 1.39. The Hall–Kier alpha value is -1.82. The summed E-state index contributed by atoms with van der Waals surface area (Å²) < 4.78 is 4.96. The minimum atomic E-state index is -0.939. The van der Waals surface area contributed by atoms with Gasteiger partial charge in [-0.05, 0) is 48.6 Å². The number of aryl methyl sites for hydroxylation is 1. The molecule has 1 aromatic rings. The van der Waals surface area contributed by atoms with Crippen molar-refractivity contribution in [3.8, 4) is 6.07 Å². The maximum absolute atomic E-state index is 12.2. The molecule has 2 aliphatic rings. The normalized spacial score (nSPS) is 31.6. The van der Waals surface area contributed by atoms with E-state index in [0.717, 1.165) is 25.7 Å². The molecule has 0 saturated heterocycles. The number of benzene rings is 1. The first-order valence-electron chi connectivity index (χ1n) is 7.30. The van der Waals surface area contributed by atoms with E-state index in [2.05, 4.69) is 30.3 Å². The molecular weight excluding hydrogens is 250 g/mol. The standard InChI is InChI=1S/C17H19NO2/c1-20-16(19)17(11-18)10-4-7-14-13-6-3-2-5-12(13)8-9-15(14)17/h2-3,5-6,14-15H,4,7-10H2,1H3/t14-,15-,17?/m0/s1. The fourth-order valence-electron chi connectivity index (χ4n) is 4.21. The van der Waals surface area contributed by atoms with Crippen molar-refractivity contribution in [2.45, 2.75) is 38.0 Å². The Morgan fingerprint density at radius 3 is 2.95 bits per heavy atom. The first-order chi connectivity index (χ1) is 9.73. The van der Waals surface area contributed by atoms with Crippen LogP contribution in [-0.4, -0.2) is 13.1 Å². The van der Waals surface area contributed by atoms with Crippen LogP contribution in [0.4, 0.5) is 0 Å². The Kier molecular flexibility index (Phi) is 3.25. The van der Waals surface area contributed by atoms with Crippen molar-refractivity contribution in [3.63, 3.8) is 0 Å². The molecule has 2 aliphatic carbocycles. The largest absolute Gasteiger partial charge is 0.468 e. The van der Waals surface area contributed by atoms with E-state index >= 15 is 0 Å². The molecule has 20 heavy (non-hydrogen) atoms. The lowest BCUT2D eigenvalue weighted by atomic mass is 9.56. The van der Waals surface area contributed by atoms with Crippen LogP contribution >= 0.6 is 0 Å². The number of esters is 1. The zero-order chi connectivity index (χ0) is 14.2. The molecule has 1 aromatic carbocycles. The van der Waals surface area contributed by atoms with Gasteiger partial charge in [-0.3, -0.25) is 4.79 Å². The second kappa shape index (κ2) is 4.94. The highest BCUT2D eigenvalue weighted by molar-refractivity contribution is 5.81. The summed E-state index contributed by atoms with van der Waals surface area (Å²) in [6.07, 6.45) is 4.49. The zero-order valence-corrected chi connectivity index (χ0v) is 11.8. The van der Waals surface area contributed by atoms with Crippen molar-refractivity contribution < 1.29 is 9.53 Å². The van der Waals surface area contributed by atoms with Gasteiger partial charge in [0.05, 0.1) is 13.2 Å². The minimum absolute atomic E-state index is 0.101. The third-order valence-corrected chi connectivity index (χ3v) is 5.13. The molecule has 0 amide bonds. The van der Waals surface area contributed by atoms with Crippen LogP contribution in [0.2, 0.25) is 0 Å². The lowest BCUT2D eigenvalue weighted by Gasteiger charge is -2.45. The number of hydrogen-bond donors (Lipinski definition) is 0. The minimum Gasteiger partial charge on any atom is -0.468 e. The summed E-state index contributed by atoms with van der Waals surface area (Å²) in [5, 5.41) is 9.68. The Balaban J connectivity index is 2.04. The predicted octanol–water partition coefficient (Wildman–Crippen LogP) is 3.20. The average Bonchev–Trinajstić information content (AvgIpc) is 2.53. The number of ether oxygens (including phenoxy) is 1. The molecule has 0 radical (unpaired) electrons. The van der Waals surface area contributed by atoms with Crippen LogP contribution in [0.3, 0.4) is 0 Å². The van der Waals surface area contributed by atoms with Crippen molar-refractivity contribution in [2.24, 2.45) is 11.3 Å². The fourth-order valence-corrected chi connectivity index (χ4v) is 4.21. The van der Waals surface area contributed by atoms with E-state index in [1.54, 1.807) is 0 Å². The van der Waals surface area contributed by atoms with Crippen molar-refractivity contribution in [1.29, 1.82) is 5.26 Å². The maximum Gasteiger partial charge on any atom is 0.326 e. The van der Waals surface area contributed by atoms with E-state index in [0.29, 0.717) is 12.3 Å². The van der Waals surface area contributed by atoms with E-state index in [1.165, 1.54) is 18.2 Å². The summed E-state index contributed by atoms with van der Waals surface area (Å²) in [5.41, 5.74) is 1.78. The van der Waals surface area contributed by atoms with Gasteiger partial charge >= 0.3 is 5.97 Å². The summed E-state index contributed by atoms with van der Waals surface area (Å²) in [6, 6.07) is 10.8. The van der Waals surface area contributed by atoms with Crippen LogP contribution in [0.15, 0.2) is 24.3 Å². The van der Waals surface area contributed by atoms with Crippen LogP contribution in [-0.2, 0) is 16.0 Å². The van der Waals surface area contributed by atoms with Crippen LogP contribution in [0, 0.1) is 22.7 Å². The lowest BCUT2D eigenvalue weighted by Crippen LogP contribution is -2.45. The number of fused-ring (bicyclic) bond motifs is 3. The monoisotopic (exact) mass is 269 g/mol. The average molecular weight is 269 g/mol. The third kappa shape index (κ3) is 1.75. The van der Waals surface area contributed by atoms with Gasteiger partial charge in [-0.2, -0.15) is 5.26 Å². The van der Waals surface area contributed by atoms with Gasteiger partial charge in [0.15, 0.2) is 5.41 Å². The van der Waals surface area contributed by atoms with Crippen molar-refractivity contribution in [3.05, 3.63) is 35.4 Å². The molecule has 1 saturated carbocycles. The van der Waals surface area contributed by atoms with Gasteiger partial charge in [-0.1, -0.05) is 30.7 Å². The second-order valence-corrected chi connectivity index (χ2v) is 5.92. The molecule has 1 unspecified atom stereocenters. The van der Waals surface area contributed by atoms with Crippen LogP contribution < -0.4 is 0 Å². The Morgan fingerprint density at radius 1 is 1.40 bits per heavy atom. The first kappa shape index (κ1) is 13.2. The molecule has 0 aliphatic heterocycles. The molecule has 104 valence electrons. The molecule has 0 N–H and O–H groups in total. The molecule has 3 heteroatoms. The highest BCUT2D eigenvalue weighted by Gasteiger charge is 2.53. The van der Waals surface area contributed by atoms with Crippen molar-refractivity contribution in [1.82, 2.24) is 0 Å². The maximum atomic E-state index is 12.2. The molecule has 3 atom stereocenters. The quantitative estimate of drug-likeness (QED) is 0.736. The van der Waals surface area contributed by atoms with Crippen molar-refractivity contribution in [2.75, 3.05) is 7.11 Å². The molecular formula is C17H19NO2. The van der Waals surface area contributed by atoms with Gasteiger partial charge in [-0.15, -0.1) is 0 Å². The second-order valence-electron chi connectivity index (χ2n) is 5.92. The van der Waals surface area contributed by atoms with Crippen LogP contribution in [0.1, 0.15) is 42.7 Å². The molecule has 1 fully saturated rings. The smallest absolute Gasteiger partial charge is 0.326 e. The number of nitriles is 1. The molecule has 0 bridgehead atoms. The molecule has 3 rings (SSSR count). The number of carbonyl (C=O) groups is 1. The number of carbonyl (C=O) groups excluding carboxylic acids is 1. The Bertz CT molecular complexity index is 575. The highest BCUT2D eigenvalue weighted by Crippen LogP contribution is 2.54. The fraction of sp³-hybridized carbons (Fsp3) is 0.529. The van der Waals surface area contributed by atoms with Crippen LogP contribution in [0.5, 0.6) is 0 Å². The van der Waals surface area contributed by atoms with Gasteiger partial charge in [-0.25, -0.2) is 0 Å². The topological polar surface area (TPSA) is 50.1 Å². The molecule has 0 aromatic heterocycles. The van der Waals surface area contributed by atoms with Crippen LogP contribution in [0.25, 0.3) is 0 Å². The Labute approximate surface area is 119 Å². The van der Waals surface area contributed by atoms with Crippen molar-refractivity contribution >= 4 is 5.97 Å². The number of hydrogen-bond acceptors (Lipinski definition) is 3. The van der Waals surface area contributed by atoms with E-state index in [-0.39, 0.29) is 11.9 Å². The summed E-state index contributed by atoms with van der Waals surface area (Å²) in [6.45, 7) is 0. The lowest BCUT2D eigenvalue weighted by molar-refractivity contribution is -0.155. The highest BCUT2D eigenvalue weighted by atomic mass is 16.5. The number of methoxy groups -OCH3 is 1. The van der Waals surface area contributed by atoms with E-state index in [9.17, 15) is 10.1 Å². The van der Waals surface area contributed by atoms with E-state index in [4.69, 9.17) is 4.74 Å². The summed E-state index contributed by atoms with van der Waals surface area (Å²) in [4.78, 5) is 12.2. The zero-order valence-electron chi connectivity index (χ0n) is 11.8. The van der Waals surface area contributed by atoms with Gasteiger partial charge < -0.3 is 4.74 Å². The summed E-state index contributed by atoms with van der Waals surface area (Å²) >= 11 is 0. The SMILES string of the molecule is COC(=O)C1(C#N)CCC[C@H]2c3ccccc3CC[C@@H]21. The number of rotatable bonds is 1. The van der Waals surface area contributed by atoms with Gasteiger partial charge in [0.2, 0.25) is 0 Å². The number of nitrogens with zero attached hydrogens (tertiary/aromatic N) is 1. The molecule has 0 heterocycles.